The third-order valence-corrected chi connectivity index (χ3v) is 8.76. The first-order valence-corrected chi connectivity index (χ1v) is 13.8. The van der Waals surface area contributed by atoms with Gasteiger partial charge in [-0.15, -0.1) is 0 Å². The molecule has 0 fully saturated rings. The summed E-state index contributed by atoms with van der Waals surface area (Å²) in [6.45, 7) is 4.28. The van der Waals surface area contributed by atoms with Crippen LogP contribution in [0.4, 0.5) is 4.39 Å². The molecule has 0 saturated carbocycles. The zero-order chi connectivity index (χ0) is 25.9. The lowest BCUT2D eigenvalue weighted by molar-refractivity contribution is 0.101. The molecular weight excluding hydrogens is 501 g/mol. The van der Waals surface area contributed by atoms with Gasteiger partial charge in [0.2, 0.25) is 10.0 Å². The van der Waals surface area contributed by atoms with Crippen LogP contribution < -0.4 is 4.74 Å². The van der Waals surface area contributed by atoms with Gasteiger partial charge in [-0.1, -0.05) is 49.9 Å². The van der Waals surface area contributed by atoms with Crippen molar-refractivity contribution < 1.29 is 22.3 Å². The number of benzene rings is 3. The van der Waals surface area contributed by atoms with Crippen molar-refractivity contribution in [2.75, 3.05) is 26.0 Å². The van der Waals surface area contributed by atoms with Crippen LogP contribution in [-0.2, 0) is 10.0 Å². The van der Waals surface area contributed by atoms with E-state index in [1.54, 1.807) is 45.2 Å². The molecule has 188 valence electrons. The van der Waals surface area contributed by atoms with E-state index >= 15 is 0 Å². The zero-order valence-electron chi connectivity index (χ0n) is 20.1. The summed E-state index contributed by atoms with van der Waals surface area (Å²) < 4.78 is 49.1. The number of nitrogens with zero attached hydrogens (tertiary/aromatic N) is 3. The van der Waals surface area contributed by atoms with Crippen molar-refractivity contribution in [3.8, 4) is 11.4 Å². The Balaban J connectivity index is 1.81. The van der Waals surface area contributed by atoms with Gasteiger partial charge in [0, 0.05) is 13.1 Å². The summed E-state index contributed by atoms with van der Waals surface area (Å²) in [5, 5.41) is 0.455. The second kappa shape index (κ2) is 10.8. The van der Waals surface area contributed by atoms with Crippen LogP contribution in [0.3, 0.4) is 0 Å². The molecule has 0 N–H and O–H groups in total. The van der Waals surface area contributed by atoms with Gasteiger partial charge in [0.1, 0.15) is 11.6 Å². The van der Waals surface area contributed by atoms with Crippen LogP contribution in [0.2, 0.25) is 0 Å². The Hall–Kier alpha value is -3.21. The number of carbonyl (C=O) groups is 1. The van der Waals surface area contributed by atoms with E-state index < -0.39 is 15.8 Å². The predicted octanol–water partition coefficient (Wildman–Crippen LogP) is 5.18. The van der Waals surface area contributed by atoms with Crippen molar-refractivity contribution >= 4 is 38.6 Å². The number of ether oxygens (including phenoxy) is 1. The van der Waals surface area contributed by atoms with Crippen molar-refractivity contribution in [2.24, 2.45) is 0 Å². The summed E-state index contributed by atoms with van der Waals surface area (Å²) in [5.74, 6) is -0.419. The molecule has 0 atom stereocenters. The first-order valence-electron chi connectivity index (χ1n) is 11.4. The van der Waals surface area contributed by atoms with Crippen molar-refractivity contribution in [2.45, 2.75) is 23.9 Å². The highest BCUT2D eigenvalue weighted by Crippen LogP contribution is 2.34. The largest absolute Gasteiger partial charge is 0.495 e. The predicted molar refractivity (Wildman–Crippen MR) is 139 cm³/mol. The van der Waals surface area contributed by atoms with Gasteiger partial charge in [0.25, 0.3) is 0 Å². The lowest BCUT2D eigenvalue weighted by Gasteiger charge is -2.18. The molecule has 0 amide bonds. The number of carbonyl (C=O) groups excluding carboxylic acids is 1. The summed E-state index contributed by atoms with van der Waals surface area (Å²) >= 11 is 1.15. The van der Waals surface area contributed by atoms with Gasteiger partial charge in [-0.25, -0.2) is 17.8 Å². The fourth-order valence-electron chi connectivity index (χ4n) is 3.95. The van der Waals surface area contributed by atoms with Crippen LogP contribution in [0.5, 0.6) is 5.75 Å². The molecule has 0 aliphatic rings. The van der Waals surface area contributed by atoms with E-state index in [0.29, 0.717) is 40.7 Å². The highest BCUT2D eigenvalue weighted by molar-refractivity contribution is 7.99. The smallest absolute Gasteiger partial charge is 0.243 e. The van der Waals surface area contributed by atoms with Gasteiger partial charge < -0.3 is 4.74 Å². The number of halogens is 1. The minimum absolute atomic E-state index is 0.0116. The quantitative estimate of drug-likeness (QED) is 0.209. The molecule has 4 aromatic rings. The highest BCUT2D eigenvalue weighted by Gasteiger charge is 2.24. The summed E-state index contributed by atoms with van der Waals surface area (Å²) in [4.78, 5) is 17.6. The van der Waals surface area contributed by atoms with Crippen LogP contribution in [-0.4, -0.2) is 54.0 Å². The van der Waals surface area contributed by atoms with Gasteiger partial charge in [-0.3, -0.25) is 9.36 Å². The minimum Gasteiger partial charge on any atom is -0.495 e. The minimum atomic E-state index is -3.68. The number of rotatable bonds is 10. The fraction of sp³-hybridized carbons (Fsp3) is 0.231. The number of hydrogen-bond acceptors (Lipinski definition) is 6. The number of methoxy groups -OCH3 is 1. The SMILES string of the molecule is CCN(CC)S(=O)(=O)c1ccc2c(c1)nc(SCC(=O)c1ccccc1F)n2-c1ccccc1OC. The van der Waals surface area contributed by atoms with Gasteiger partial charge in [0.15, 0.2) is 10.9 Å². The summed E-state index contributed by atoms with van der Waals surface area (Å²) in [7, 11) is -2.13. The van der Waals surface area contributed by atoms with E-state index in [4.69, 9.17) is 4.74 Å². The standard InChI is InChI=1S/C26H26FN3O4S2/c1-4-29(5-2)36(32,33)18-14-15-22-21(16-18)28-26(30(22)23-12-8-9-13-25(23)34-3)35-17-24(31)19-10-6-7-11-20(19)27/h6-16H,4-5,17H2,1-3H3. The molecule has 0 spiro atoms. The molecule has 0 saturated heterocycles. The third kappa shape index (κ3) is 4.88. The molecule has 0 unspecified atom stereocenters. The number of ketones is 1. The number of imidazole rings is 1. The highest BCUT2D eigenvalue weighted by atomic mass is 32.2. The van der Waals surface area contributed by atoms with Gasteiger partial charge in [-0.2, -0.15) is 4.31 Å². The Morgan fingerprint density at radius 2 is 1.75 bits per heavy atom. The van der Waals surface area contributed by atoms with Gasteiger partial charge in [0.05, 0.1) is 40.0 Å². The van der Waals surface area contributed by atoms with Crippen LogP contribution >= 0.6 is 11.8 Å². The Bertz CT molecular complexity index is 1510. The van der Waals surface area contributed by atoms with Crippen molar-refractivity contribution in [1.82, 2.24) is 13.9 Å². The van der Waals surface area contributed by atoms with E-state index in [0.717, 1.165) is 11.8 Å². The number of para-hydroxylation sites is 2. The average Bonchev–Trinajstić information content (AvgIpc) is 3.25. The number of hydrogen-bond donors (Lipinski definition) is 0. The molecule has 0 aliphatic carbocycles. The van der Waals surface area contributed by atoms with Crippen molar-refractivity contribution in [3.63, 3.8) is 0 Å². The molecule has 1 aromatic heterocycles. The maximum atomic E-state index is 14.1. The average molecular weight is 528 g/mol. The summed E-state index contributed by atoms with van der Waals surface area (Å²) in [5.41, 5.74) is 1.80. The van der Waals surface area contributed by atoms with E-state index in [-0.39, 0.29) is 22.0 Å². The lowest BCUT2D eigenvalue weighted by Crippen LogP contribution is -2.30. The first-order chi connectivity index (χ1) is 17.3. The normalized spacial score (nSPS) is 11.8. The van der Waals surface area contributed by atoms with Crippen LogP contribution in [0.1, 0.15) is 24.2 Å². The molecular formula is C26H26FN3O4S2. The third-order valence-electron chi connectivity index (χ3n) is 5.77. The molecule has 0 bridgehead atoms. The fourth-order valence-corrected chi connectivity index (χ4v) is 6.33. The van der Waals surface area contributed by atoms with E-state index in [1.165, 1.54) is 28.6 Å². The van der Waals surface area contributed by atoms with Gasteiger partial charge >= 0.3 is 0 Å². The number of Topliss-reactive ketones (excluding diaryl/α,β-unsaturated/α-hetero) is 1. The van der Waals surface area contributed by atoms with Gasteiger partial charge in [-0.05, 0) is 42.5 Å². The molecule has 7 nitrogen and oxygen atoms in total. The monoisotopic (exact) mass is 527 g/mol. The number of sulfonamides is 1. The number of aromatic nitrogens is 2. The molecule has 0 aliphatic heterocycles. The van der Waals surface area contributed by atoms with E-state index in [9.17, 15) is 17.6 Å². The summed E-state index contributed by atoms with van der Waals surface area (Å²) in [6.07, 6.45) is 0. The molecule has 0 radical (unpaired) electrons. The van der Waals surface area contributed by atoms with Crippen LogP contribution in [0.15, 0.2) is 76.8 Å². The van der Waals surface area contributed by atoms with Crippen molar-refractivity contribution in [3.05, 3.63) is 78.1 Å². The maximum Gasteiger partial charge on any atom is 0.243 e. The van der Waals surface area contributed by atoms with E-state index in [1.807, 2.05) is 22.8 Å². The first kappa shape index (κ1) is 25.9. The molecule has 10 heteroatoms. The lowest BCUT2D eigenvalue weighted by atomic mass is 10.1. The van der Waals surface area contributed by atoms with E-state index in [2.05, 4.69) is 4.98 Å². The molecule has 3 aromatic carbocycles. The van der Waals surface area contributed by atoms with Crippen molar-refractivity contribution in [1.29, 1.82) is 0 Å². The Morgan fingerprint density at radius 3 is 2.44 bits per heavy atom. The second-order valence-electron chi connectivity index (χ2n) is 7.83. The van der Waals surface area contributed by atoms with Crippen LogP contribution in [0, 0.1) is 5.82 Å². The zero-order valence-corrected chi connectivity index (χ0v) is 21.8. The number of fused-ring (bicyclic) bond motifs is 1. The number of thioether (sulfide) groups is 1. The molecule has 4 rings (SSSR count). The second-order valence-corrected chi connectivity index (χ2v) is 10.7. The molecule has 36 heavy (non-hydrogen) atoms. The Labute approximate surface area is 214 Å². The Kier molecular flexibility index (Phi) is 7.77. The van der Waals surface area contributed by atoms with Crippen LogP contribution in [0.25, 0.3) is 16.7 Å². The molecule has 1 heterocycles. The Morgan fingerprint density at radius 1 is 1.06 bits per heavy atom. The maximum absolute atomic E-state index is 14.1. The summed E-state index contributed by atoms with van der Waals surface area (Å²) in [6, 6.07) is 18.0. The topological polar surface area (TPSA) is 81.5 Å².